The summed E-state index contributed by atoms with van der Waals surface area (Å²) in [5, 5.41) is 9.79. The second-order valence-corrected chi connectivity index (χ2v) is 5.15. The minimum atomic E-state index is -0.930. The van der Waals surface area contributed by atoms with Crippen molar-refractivity contribution in [3.8, 4) is 11.5 Å². The minimum absolute atomic E-state index is 0.116. The van der Waals surface area contributed by atoms with Crippen LogP contribution in [0.25, 0.3) is 0 Å². The topological polar surface area (TPSA) is 81.8 Å². The van der Waals surface area contributed by atoms with E-state index in [-0.39, 0.29) is 16.5 Å². The zero-order valence-electron chi connectivity index (χ0n) is 11.4. The molecule has 106 valence electrons. The number of esters is 1. The molecule has 1 aromatic rings. The summed E-state index contributed by atoms with van der Waals surface area (Å²) in [6.45, 7) is 3.35. The monoisotopic (exact) mass is 287 g/mol. The molecule has 1 atom stereocenters. The van der Waals surface area contributed by atoms with Crippen molar-refractivity contribution in [2.45, 2.75) is 19.9 Å². The number of hydrogen-bond donors (Lipinski definition) is 2. The highest BCUT2D eigenvalue weighted by Gasteiger charge is 2.37. The van der Waals surface area contributed by atoms with Gasteiger partial charge in [-0.05, 0) is 31.5 Å². The number of aromatic hydroxyl groups is 1. The summed E-state index contributed by atoms with van der Waals surface area (Å²) in [6, 6.07) is 2.41. The molecule has 0 aliphatic carbocycles. The lowest BCUT2D eigenvalue weighted by molar-refractivity contribution is -0.152. The Balaban J connectivity index is 3.23. The molecule has 0 saturated carbocycles. The Morgan fingerprint density at radius 1 is 1.42 bits per heavy atom. The van der Waals surface area contributed by atoms with Gasteiger partial charge < -0.3 is 20.3 Å². The summed E-state index contributed by atoms with van der Waals surface area (Å²) in [5.74, 6) is -0.377. The van der Waals surface area contributed by atoms with Crippen LogP contribution in [0.15, 0.2) is 12.1 Å². The number of phenols is 1. The van der Waals surface area contributed by atoms with Crippen molar-refractivity contribution in [2.75, 3.05) is 14.2 Å². The van der Waals surface area contributed by atoms with Gasteiger partial charge in [0.05, 0.1) is 24.7 Å². The van der Waals surface area contributed by atoms with Crippen LogP contribution in [0.2, 0.25) is 5.02 Å². The van der Waals surface area contributed by atoms with Crippen molar-refractivity contribution in [3.05, 3.63) is 22.7 Å². The fraction of sp³-hybridized carbons (Fsp3) is 0.462. The van der Waals surface area contributed by atoms with Gasteiger partial charge in [-0.3, -0.25) is 4.79 Å². The molecule has 0 aromatic heterocycles. The molecule has 0 radical (unpaired) electrons. The van der Waals surface area contributed by atoms with Crippen LogP contribution >= 0.6 is 11.6 Å². The Hall–Kier alpha value is -1.46. The summed E-state index contributed by atoms with van der Waals surface area (Å²) in [6.07, 6.45) is 0. The summed E-state index contributed by atoms with van der Waals surface area (Å²) < 4.78 is 9.75. The summed E-state index contributed by atoms with van der Waals surface area (Å²) in [7, 11) is 2.72. The number of methoxy groups -OCH3 is 2. The van der Waals surface area contributed by atoms with E-state index in [0.717, 1.165) is 0 Å². The van der Waals surface area contributed by atoms with Crippen molar-refractivity contribution >= 4 is 17.6 Å². The van der Waals surface area contributed by atoms with E-state index >= 15 is 0 Å². The van der Waals surface area contributed by atoms with Crippen LogP contribution in [-0.2, 0) is 9.53 Å². The normalized spacial score (nSPS) is 12.9. The number of carbonyl (C=O) groups excluding carboxylic acids is 1. The predicted molar refractivity (Wildman–Crippen MR) is 72.4 cm³/mol. The molecule has 0 aliphatic rings. The standard InChI is InChI=1S/C13H18ClNO4/c1-13(2,12(17)19-4)11(15)7-5-8(14)10(16)9(6-7)18-3/h5-6,11,16H,15H2,1-4H3/t11-/m0/s1. The van der Waals surface area contributed by atoms with E-state index in [4.69, 9.17) is 26.8 Å². The van der Waals surface area contributed by atoms with Crippen molar-refractivity contribution in [1.82, 2.24) is 0 Å². The maximum atomic E-state index is 11.7. The smallest absolute Gasteiger partial charge is 0.313 e. The average molecular weight is 288 g/mol. The molecule has 5 nitrogen and oxygen atoms in total. The van der Waals surface area contributed by atoms with Crippen molar-refractivity contribution < 1.29 is 19.4 Å². The summed E-state index contributed by atoms with van der Waals surface area (Å²) >= 11 is 5.90. The van der Waals surface area contributed by atoms with Gasteiger partial charge in [-0.15, -0.1) is 0 Å². The predicted octanol–water partition coefficient (Wildman–Crippen LogP) is 2.25. The number of hydrogen-bond acceptors (Lipinski definition) is 5. The summed E-state index contributed by atoms with van der Waals surface area (Å²) in [4.78, 5) is 11.7. The first-order valence-electron chi connectivity index (χ1n) is 5.66. The Bertz CT molecular complexity index is 488. The largest absolute Gasteiger partial charge is 0.503 e. The Labute approximate surface area is 117 Å². The molecule has 0 amide bonds. The van der Waals surface area contributed by atoms with E-state index in [1.165, 1.54) is 20.3 Å². The molecule has 6 heteroatoms. The molecule has 0 fully saturated rings. The molecular weight excluding hydrogens is 270 g/mol. The summed E-state index contributed by atoms with van der Waals surface area (Å²) in [5.41, 5.74) is 5.74. The van der Waals surface area contributed by atoms with Gasteiger partial charge >= 0.3 is 5.97 Å². The molecule has 19 heavy (non-hydrogen) atoms. The first-order valence-corrected chi connectivity index (χ1v) is 6.03. The lowest BCUT2D eigenvalue weighted by Gasteiger charge is -2.29. The third-order valence-corrected chi connectivity index (χ3v) is 3.41. The molecule has 0 bridgehead atoms. The molecule has 0 aliphatic heterocycles. The number of halogens is 1. The quantitative estimate of drug-likeness (QED) is 0.830. The SMILES string of the molecule is COC(=O)C(C)(C)[C@@H](N)c1cc(Cl)c(O)c(OC)c1. The fourth-order valence-corrected chi connectivity index (χ4v) is 1.95. The van der Waals surface area contributed by atoms with Crippen molar-refractivity contribution in [1.29, 1.82) is 0 Å². The van der Waals surface area contributed by atoms with Gasteiger partial charge in [0.25, 0.3) is 0 Å². The molecule has 1 aromatic carbocycles. The van der Waals surface area contributed by atoms with Crippen LogP contribution in [-0.4, -0.2) is 25.3 Å². The number of benzene rings is 1. The molecular formula is C13H18ClNO4. The zero-order valence-corrected chi connectivity index (χ0v) is 12.1. The lowest BCUT2D eigenvalue weighted by atomic mass is 9.81. The number of carbonyl (C=O) groups is 1. The molecule has 1 rings (SSSR count). The van der Waals surface area contributed by atoms with Gasteiger partial charge in [0, 0.05) is 6.04 Å². The van der Waals surface area contributed by atoms with Gasteiger partial charge in [-0.2, -0.15) is 0 Å². The number of rotatable bonds is 4. The highest BCUT2D eigenvalue weighted by atomic mass is 35.5. The van der Waals surface area contributed by atoms with Gasteiger partial charge in [0.15, 0.2) is 11.5 Å². The number of phenolic OH excluding ortho intramolecular Hbond substituents is 1. The van der Waals surface area contributed by atoms with Crippen LogP contribution < -0.4 is 10.5 Å². The highest BCUT2D eigenvalue weighted by Crippen LogP contribution is 2.40. The maximum absolute atomic E-state index is 11.7. The Morgan fingerprint density at radius 2 is 2.00 bits per heavy atom. The molecule has 3 N–H and O–H groups in total. The van der Waals surface area contributed by atoms with E-state index in [1.807, 2.05) is 0 Å². The zero-order chi connectivity index (χ0) is 14.8. The lowest BCUT2D eigenvalue weighted by Crippen LogP contribution is -2.37. The van der Waals surface area contributed by atoms with Crippen LogP contribution in [0.3, 0.4) is 0 Å². The van der Waals surface area contributed by atoms with E-state index in [9.17, 15) is 9.90 Å². The third-order valence-electron chi connectivity index (χ3n) is 3.12. The van der Waals surface area contributed by atoms with Crippen LogP contribution in [0.4, 0.5) is 0 Å². The first-order chi connectivity index (χ1) is 8.75. The van der Waals surface area contributed by atoms with Gasteiger partial charge in [-0.25, -0.2) is 0 Å². The average Bonchev–Trinajstić information content (AvgIpc) is 2.39. The van der Waals surface area contributed by atoms with Gasteiger partial charge in [-0.1, -0.05) is 11.6 Å². The van der Waals surface area contributed by atoms with E-state index < -0.39 is 17.4 Å². The van der Waals surface area contributed by atoms with Gasteiger partial charge in [0.2, 0.25) is 0 Å². The van der Waals surface area contributed by atoms with E-state index in [2.05, 4.69) is 0 Å². The third kappa shape index (κ3) is 2.93. The van der Waals surface area contributed by atoms with Crippen molar-refractivity contribution in [2.24, 2.45) is 11.1 Å². The Morgan fingerprint density at radius 3 is 2.47 bits per heavy atom. The minimum Gasteiger partial charge on any atom is -0.503 e. The molecule has 0 spiro atoms. The number of ether oxygens (including phenoxy) is 2. The second-order valence-electron chi connectivity index (χ2n) is 4.74. The first kappa shape index (κ1) is 15.6. The molecule has 0 heterocycles. The molecule has 0 saturated heterocycles. The van der Waals surface area contributed by atoms with Crippen LogP contribution in [0, 0.1) is 5.41 Å². The van der Waals surface area contributed by atoms with Gasteiger partial charge in [0.1, 0.15) is 0 Å². The van der Waals surface area contributed by atoms with E-state index in [1.54, 1.807) is 19.9 Å². The van der Waals surface area contributed by atoms with Crippen molar-refractivity contribution in [3.63, 3.8) is 0 Å². The highest BCUT2D eigenvalue weighted by molar-refractivity contribution is 6.32. The van der Waals surface area contributed by atoms with E-state index in [0.29, 0.717) is 5.56 Å². The molecule has 0 unspecified atom stereocenters. The van der Waals surface area contributed by atoms with Crippen LogP contribution in [0.5, 0.6) is 11.5 Å². The number of nitrogens with two attached hydrogens (primary N) is 1. The van der Waals surface area contributed by atoms with Crippen LogP contribution in [0.1, 0.15) is 25.5 Å². The second kappa shape index (κ2) is 5.67. The Kier molecular flexibility index (Phi) is 4.66. The maximum Gasteiger partial charge on any atom is 0.313 e. The fourth-order valence-electron chi connectivity index (χ4n) is 1.74.